The first kappa shape index (κ1) is 12.4. The van der Waals surface area contributed by atoms with Crippen LogP contribution >= 0.6 is 0 Å². The highest BCUT2D eigenvalue weighted by molar-refractivity contribution is 5.72. The van der Waals surface area contributed by atoms with Crippen molar-refractivity contribution in [1.29, 1.82) is 0 Å². The number of phenolic OH excluding ortho intramolecular Hbond substituents is 1. The summed E-state index contributed by atoms with van der Waals surface area (Å²) in [7, 11) is 1.37. The Hall–Kier alpha value is -1.71. The number of esters is 1. The van der Waals surface area contributed by atoms with Crippen molar-refractivity contribution >= 4 is 11.7 Å². The third kappa shape index (κ3) is 2.66. The third-order valence-electron chi connectivity index (χ3n) is 2.54. The Morgan fingerprint density at radius 1 is 1.56 bits per heavy atom. The van der Waals surface area contributed by atoms with Crippen LogP contribution in [-0.2, 0) is 16.0 Å². The molecule has 1 atom stereocenters. The van der Waals surface area contributed by atoms with E-state index in [9.17, 15) is 9.90 Å². The van der Waals surface area contributed by atoms with E-state index < -0.39 is 0 Å². The third-order valence-corrected chi connectivity index (χ3v) is 2.54. The number of carbonyl (C=O) groups is 1. The second-order valence-corrected chi connectivity index (χ2v) is 3.98. The smallest absolute Gasteiger partial charge is 0.308 e. The molecule has 1 unspecified atom stereocenters. The van der Waals surface area contributed by atoms with Gasteiger partial charge in [-0.2, -0.15) is 0 Å². The number of benzene rings is 1. The van der Waals surface area contributed by atoms with E-state index in [-0.39, 0.29) is 17.6 Å². The van der Waals surface area contributed by atoms with Crippen molar-refractivity contribution in [3.63, 3.8) is 0 Å². The molecule has 0 spiro atoms. The van der Waals surface area contributed by atoms with E-state index in [1.807, 2.05) is 6.07 Å². The van der Waals surface area contributed by atoms with E-state index in [1.54, 1.807) is 19.9 Å². The summed E-state index contributed by atoms with van der Waals surface area (Å²) in [5.41, 5.74) is 7.62. The molecule has 1 aromatic rings. The molecule has 0 aliphatic carbocycles. The lowest BCUT2D eigenvalue weighted by Crippen LogP contribution is -2.15. The van der Waals surface area contributed by atoms with Gasteiger partial charge in [-0.05, 0) is 30.5 Å². The van der Waals surface area contributed by atoms with Gasteiger partial charge in [0.25, 0.3) is 0 Å². The molecular formula is C12H17NO3. The van der Waals surface area contributed by atoms with Crippen molar-refractivity contribution in [1.82, 2.24) is 0 Å². The minimum atomic E-state index is -0.246. The zero-order valence-corrected chi connectivity index (χ0v) is 9.78. The number of nitrogen functional groups attached to an aromatic ring is 1. The minimum Gasteiger partial charge on any atom is -0.506 e. The summed E-state index contributed by atoms with van der Waals surface area (Å²) in [6.07, 6.45) is 0.554. The summed E-state index contributed by atoms with van der Waals surface area (Å²) in [5, 5.41) is 9.50. The van der Waals surface area contributed by atoms with E-state index in [0.717, 1.165) is 5.56 Å². The van der Waals surface area contributed by atoms with Gasteiger partial charge in [-0.15, -0.1) is 0 Å². The van der Waals surface area contributed by atoms with Crippen molar-refractivity contribution in [2.45, 2.75) is 20.3 Å². The minimum absolute atomic E-state index is 0.106. The average Bonchev–Trinajstić information content (AvgIpc) is 2.24. The normalized spacial score (nSPS) is 12.2. The van der Waals surface area contributed by atoms with Crippen LogP contribution in [-0.4, -0.2) is 18.2 Å². The van der Waals surface area contributed by atoms with Gasteiger partial charge in [-0.25, -0.2) is 0 Å². The van der Waals surface area contributed by atoms with Crippen molar-refractivity contribution < 1.29 is 14.6 Å². The van der Waals surface area contributed by atoms with Gasteiger partial charge in [0.2, 0.25) is 0 Å². The van der Waals surface area contributed by atoms with E-state index >= 15 is 0 Å². The number of methoxy groups -OCH3 is 1. The van der Waals surface area contributed by atoms with Gasteiger partial charge in [-0.1, -0.05) is 13.0 Å². The van der Waals surface area contributed by atoms with E-state index in [0.29, 0.717) is 17.7 Å². The number of ether oxygens (including phenoxy) is 1. The largest absolute Gasteiger partial charge is 0.506 e. The zero-order valence-electron chi connectivity index (χ0n) is 9.78. The number of hydrogen-bond acceptors (Lipinski definition) is 4. The Kier molecular flexibility index (Phi) is 3.77. The molecule has 0 radical (unpaired) electrons. The van der Waals surface area contributed by atoms with Crippen molar-refractivity contribution in [3.8, 4) is 5.75 Å². The van der Waals surface area contributed by atoms with Crippen LogP contribution in [0.2, 0.25) is 0 Å². The standard InChI is InChI=1S/C12H17NO3/c1-7-4-9(6-10(13)11(7)14)5-8(2)12(15)16-3/h4,6,8,14H,5,13H2,1-3H3. The lowest BCUT2D eigenvalue weighted by molar-refractivity contribution is -0.144. The molecule has 0 aliphatic heterocycles. The number of phenols is 1. The molecule has 4 nitrogen and oxygen atoms in total. The molecule has 0 aliphatic rings. The topological polar surface area (TPSA) is 72.5 Å². The van der Waals surface area contributed by atoms with Crippen LogP contribution in [0.3, 0.4) is 0 Å². The molecule has 0 saturated carbocycles. The van der Waals surface area contributed by atoms with Gasteiger partial charge in [0.05, 0.1) is 18.7 Å². The van der Waals surface area contributed by atoms with Gasteiger partial charge < -0.3 is 15.6 Å². The molecule has 0 aromatic heterocycles. The first-order valence-electron chi connectivity index (χ1n) is 5.11. The predicted molar refractivity (Wildman–Crippen MR) is 62.1 cm³/mol. The Bertz CT molecular complexity index is 378. The molecule has 0 heterocycles. The quantitative estimate of drug-likeness (QED) is 0.464. The molecule has 3 N–H and O–H groups in total. The van der Waals surface area contributed by atoms with Gasteiger partial charge in [0.15, 0.2) is 0 Å². The van der Waals surface area contributed by atoms with Gasteiger partial charge in [0.1, 0.15) is 5.75 Å². The first-order valence-corrected chi connectivity index (χ1v) is 5.11. The summed E-state index contributed by atoms with van der Waals surface area (Å²) >= 11 is 0. The number of aromatic hydroxyl groups is 1. The second kappa shape index (κ2) is 4.88. The number of rotatable bonds is 3. The van der Waals surface area contributed by atoms with Crippen LogP contribution in [0.1, 0.15) is 18.1 Å². The number of anilines is 1. The zero-order chi connectivity index (χ0) is 12.3. The molecule has 0 saturated heterocycles. The molecule has 4 heteroatoms. The number of aryl methyl sites for hydroxylation is 1. The molecular weight excluding hydrogens is 206 g/mol. The van der Waals surface area contributed by atoms with E-state index in [2.05, 4.69) is 4.74 Å². The van der Waals surface area contributed by atoms with Crippen molar-refractivity contribution in [2.24, 2.45) is 5.92 Å². The predicted octanol–water partition coefficient (Wildman–Crippen LogP) is 1.63. The summed E-state index contributed by atoms with van der Waals surface area (Å²) in [5.74, 6) is -0.355. The Morgan fingerprint density at radius 2 is 2.19 bits per heavy atom. The molecule has 88 valence electrons. The second-order valence-electron chi connectivity index (χ2n) is 3.98. The molecule has 1 aromatic carbocycles. The number of nitrogens with two attached hydrogens (primary N) is 1. The fourth-order valence-corrected chi connectivity index (χ4v) is 1.64. The van der Waals surface area contributed by atoms with Crippen LogP contribution < -0.4 is 5.73 Å². The van der Waals surface area contributed by atoms with Crippen molar-refractivity contribution in [3.05, 3.63) is 23.3 Å². The summed E-state index contributed by atoms with van der Waals surface area (Å²) < 4.78 is 4.65. The molecule has 0 bridgehead atoms. The van der Waals surface area contributed by atoms with Crippen LogP contribution in [0.4, 0.5) is 5.69 Å². The molecule has 1 rings (SSSR count). The first-order chi connectivity index (χ1) is 7.45. The summed E-state index contributed by atoms with van der Waals surface area (Å²) in [6, 6.07) is 3.51. The Labute approximate surface area is 95.0 Å². The summed E-state index contributed by atoms with van der Waals surface area (Å²) in [6.45, 7) is 3.57. The monoisotopic (exact) mass is 223 g/mol. The fraction of sp³-hybridized carbons (Fsp3) is 0.417. The maximum Gasteiger partial charge on any atom is 0.308 e. The van der Waals surface area contributed by atoms with Crippen LogP contribution in [0.25, 0.3) is 0 Å². The summed E-state index contributed by atoms with van der Waals surface area (Å²) in [4.78, 5) is 11.3. The van der Waals surface area contributed by atoms with Crippen molar-refractivity contribution in [2.75, 3.05) is 12.8 Å². The van der Waals surface area contributed by atoms with Crippen LogP contribution in [0.5, 0.6) is 5.75 Å². The lowest BCUT2D eigenvalue weighted by atomic mass is 9.99. The van der Waals surface area contributed by atoms with Crippen LogP contribution in [0, 0.1) is 12.8 Å². The highest BCUT2D eigenvalue weighted by Gasteiger charge is 2.15. The van der Waals surface area contributed by atoms with E-state index in [1.165, 1.54) is 7.11 Å². The van der Waals surface area contributed by atoms with Gasteiger partial charge in [0, 0.05) is 0 Å². The highest BCUT2D eigenvalue weighted by Crippen LogP contribution is 2.27. The highest BCUT2D eigenvalue weighted by atomic mass is 16.5. The Morgan fingerprint density at radius 3 is 2.69 bits per heavy atom. The maximum atomic E-state index is 11.3. The average molecular weight is 223 g/mol. The molecule has 0 fully saturated rings. The number of carbonyl (C=O) groups excluding carboxylic acids is 1. The van der Waals surface area contributed by atoms with Gasteiger partial charge in [-0.3, -0.25) is 4.79 Å². The van der Waals surface area contributed by atoms with Crippen LogP contribution in [0.15, 0.2) is 12.1 Å². The number of hydrogen-bond donors (Lipinski definition) is 2. The lowest BCUT2D eigenvalue weighted by Gasteiger charge is -2.11. The van der Waals surface area contributed by atoms with E-state index in [4.69, 9.17) is 5.73 Å². The SMILES string of the molecule is COC(=O)C(C)Cc1cc(C)c(O)c(N)c1. The Balaban J connectivity index is 2.86. The fourth-order valence-electron chi connectivity index (χ4n) is 1.64. The maximum absolute atomic E-state index is 11.3. The van der Waals surface area contributed by atoms with Gasteiger partial charge >= 0.3 is 5.97 Å². The molecule has 16 heavy (non-hydrogen) atoms. The molecule has 0 amide bonds.